The van der Waals surface area contributed by atoms with Crippen molar-refractivity contribution in [2.45, 2.75) is 26.8 Å². The van der Waals surface area contributed by atoms with E-state index in [2.05, 4.69) is 29.7 Å². The Morgan fingerprint density at radius 2 is 1.81 bits per heavy atom. The highest BCUT2D eigenvalue weighted by molar-refractivity contribution is 5.78. The number of hydrogen-bond acceptors (Lipinski definition) is 3. The van der Waals surface area contributed by atoms with Crippen molar-refractivity contribution in [3.05, 3.63) is 71.9 Å². The van der Waals surface area contributed by atoms with Crippen LogP contribution in [0.4, 0.5) is 0 Å². The van der Waals surface area contributed by atoms with Crippen molar-refractivity contribution >= 4 is 5.91 Å². The van der Waals surface area contributed by atoms with Crippen molar-refractivity contribution in [3.8, 4) is 16.9 Å². The normalized spacial score (nSPS) is 10.7. The van der Waals surface area contributed by atoms with Gasteiger partial charge in [-0.05, 0) is 31.0 Å². The molecule has 2 N–H and O–H groups in total. The van der Waals surface area contributed by atoms with Crippen molar-refractivity contribution in [1.82, 2.24) is 20.4 Å². The Morgan fingerprint density at radius 1 is 1.07 bits per heavy atom. The molecule has 1 aromatic heterocycles. The first-order chi connectivity index (χ1) is 13.2. The van der Waals surface area contributed by atoms with Crippen LogP contribution < -0.4 is 10.6 Å². The Bertz CT molecular complexity index is 886. The van der Waals surface area contributed by atoms with Crippen LogP contribution in [-0.4, -0.2) is 28.8 Å². The van der Waals surface area contributed by atoms with Crippen LogP contribution in [0.3, 0.4) is 0 Å². The maximum atomic E-state index is 11.8. The van der Waals surface area contributed by atoms with Crippen molar-refractivity contribution < 1.29 is 4.79 Å². The molecule has 1 heterocycles. The number of aromatic nitrogens is 2. The number of carbonyl (C=O) groups is 1. The zero-order valence-corrected chi connectivity index (χ0v) is 15.9. The molecule has 0 aliphatic carbocycles. The Labute approximate surface area is 160 Å². The topological polar surface area (TPSA) is 59.0 Å². The van der Waals surface area contributed by atoms with Gasteiger partial charge in [0.1, 0.15) is 0 Å². The van der Waals surface area contributed by atoms with Crippen LogP contribution in [0.25, 0.3) is 16.9 Å². The Morgan fingerprint density at radius 3 is 2.56 bits per heavy atom. The number of amides is 1. The third-order valence-electron chi connectivity index (χ3n) is 4.38. The number of aryl methyl sites for hydroxylation is 1. The molecular weight excluding hydrogens is 336 g/mol. The third-order valence-corrected chi connectivity index (χ3v) is 4.38. The van der Waals surface area contributed by atoms with Gasteiger partial charge < -0.3 is 10.6 Å². The minimum atomic E-state index is 0.0183. The molecule has 0 unspecified atom stereocenters. The fourth-order valence-corrected chi connectivity index (χ4v) is 2.95. The minimum absolute atomic E-state index is 0.0183. The molecule has 3 rings (SSSR count). The van der Waals surface area contributed by atoms with Gasteiger partial charge in [0.15, 0.2) is 0 Å². The summed E-state index contributed by atoms with van der Waals surface area (Å²) in [5.74, 6) is 0.0183. The molecule has 0 bridgehead atoms. The highest BCUT2D eigenvalue weighted by Crippen LogP contribution is 2.26. The summed E-state index contributed by atoms with van der Waals surface area (Å²) in [6.07, 6.45) is 2.97. The molecule has 0 atom stereocenters. The maximum absolute atomic E-state index is 11.8. The molecule has 0 aliphatic heterocycles. The van der Waals surface area contributed by atoms with Crippen LogP contribution in [-0.2, 0) is 11.3 Å². The highest BCUT2D eigenvalue weighted by Gasteiger charge is 2.14. The summed E-state index contributed by atoms with van der Waals surface area (Å²) in [5.41, 5.74) is 5.31. The lowest BCUT2D eigenvalue weighted by Crippen LogP contribution is -2.33. The van der Waals surface area contributed by atoms with E-state index in [0.717, 1.165) is 28.9 Å². The molecule has 0 saturated heterocycles. The van der Waals surface area contributed by atoms with Gasteiger partial charge in [-0.1, -0.05) is 49.4 Å². The SMILES string of the molecule is CCCNC(=O)CNCc1cn(-c2ccccc2)nc1-c1ccccc1C. The summed E-state index contributed by atoms with van der Waals surface area (Å²) in [6.45, 7) is 5.72. The zero-order valence-electron chi connectivity index (χ0n) is 15.9. The number of nitrogens with zero attached hydrogens (tertiary/aromatic N) is 2. The lowest BCUT2D eigenvalue weighted by molar-refractivity contribution is -0.120. The van der Waals surface area contributed by atoms with Crippen LogP contribution in [0.1, 0.15) is 24.5 Å². The van der Waals surface area contributed by atoms with E-state index in [1.807, 2.05) is 60.3 Å². The zero-order chi connectivity index (χ0) is 19.1. The molecule has 3 aromatic rings. The smallest absolute Gasteiger partial charge is 0.233 e. The van der Waals surface area contributed by atoms with Crippen LogP contribution in [0.5, 0.6) is 0 Å². The van der Waals surface area contributed by atoms with E-state index in [1.54, 1.807) is 0 Å². The molecule has 2 aromatic carbocycles. The predicted octanol–water partition coefficient (Wildman–Crippen LogP) is 3.46. The molecule has 0 spiro atoms. The first-order valence-corrected chi connectivity index (χ1v) is 9.36. The minimum Gasteiger partial charge on any atom is -0.355 e. The summed E-state index contributed by atoms with van der Waals surface area (Å²) in [4.78, 5) is 11.8. The van der Waals surface area contributed by atoms with Gasteiger partial charge in [0, 0.05) is 30.4 Å². The van der Waals surface area contributed by atoms with Crippen LogP contribution in [0.15, 0.2) is 60.8 Å². The molecule has 0 aliphatic rings. The molecule has 1 amide bonds. The first-order valence-electron chi connectivity index (χ1n) is 9.36. The Balaban J connectivity index is 1.84. The van der Waals surface area contributed by atoms with E-state index in [0.29, 0.717) is 19.6 Å². The number of carbonyl (C=O) groups excluding carboxylic acids is 1. The van der Waals surface area contributed by atoms with Gasteiger partial charge in [-0.2, -0.15) is 5.10 Å². The van der Waals surface area contributed by atoms with E-state index in [9.17, 15) is 4.79 Å². The number of benzene rings is 2. The summed E-state index contributed by atoms with van der Waals surface area (Å²) in [7, 11) is 0. The monoisotopic (exact) mass is 362 g/mol. The molecule has 0 saturated carbocycles. The quantitative estimate of drug-likeness (QED) is 0.645. The highest BCUT2D eigenvalue weighted by atomic mass is 16.1. The van der Waals surface area contributed by atoms with Gasteiger partial charge in [-0.3, -0.25) is 4.79 Å². The van der Waals surface area contributed by atoms with Gasteiger partial charge in [0.25, 0.3) is 0 Å². The van der Waals surface area contributed by atoms with E-state index in [1.165, 1.54) is 5.56 Å². The lowest BCUT2D eigenvalue weighted by Gasteiger charge is -2.07. The Kier molecular flexibility index (Phi) is 6.39. The van der Waals surface area contributed by atoms with Crippen molar-refractivity contribution in [3.63, 3.8) is 0 Å². The van der Waals surface area contributed by atoms with Gasteiger partial charge >= 0.3 is 0 Å². The first kappa shape index (κ1) is 18.9. The molecule has 140 valence electrons. The number of nitrogens with one attached hydrogen (secondary N) is 2. The van der Waals surface area contributed by atoms with Crippen molar-refractivity contribution in [1.29, 1.82) is 0 Å². The second-order valence-electron chi connectivity index (χ2n) is 6.55. The number of hydrogen-bond donors (Lipinski definition) is 2. The number of rotatable bonds is 8. The van der Waals surface area contributed by atoms with Crippen molar-refractivity contribution in [2.75, 3.05) is 13.1 Å². The Hall–Kier alpha value is -2.92. The number of para-hydroxylation sites is 1. The van der Waals surface area contributed by atoms with E-state index in [4.69, 9.17) is 5.10 Å². The predicted molar refractivity (Wildman–Crippen MR) is 109 cm³/mol. The lowest BCUT2D eigenvalue weighted by atomic mass is 10.0. The second-order valence-corrected chi connectivity index (χ2v) is 6.55. The fourth-order valence-electron chi connectivity index (χ4n) is 2.95. The molecule has 0 radical (unpaired) electrons. The molecule has 5 heteroatoms. The molecular formula is C22H26N4O. The average Bonchev–Trinajstić information content (AvgIpc) is 3.11. The van der Waals surface area contributed by atoms with Gasteiger partial charge in [-0.15, -0.1) is 0 Å². The van der Waals surface area contributed by atoms with Gasteiger partial charge in [-0.25, -0.2) is 4.68 Å². The average molecular weight is 362 g/mol. The largest absolute Gasteiger partial charge is 0.355 e. The van der Waals surface area contributed by atoms with Crippen LogP contribution in [0.2, 0.25) is 0 Å². The standard InChI is InChI=1S/C22H26N4O/c1-3-13-24-21(27)15-23-14-18-16-26(19-10-5-4-6-11-19)25-22(18)20-12-8-7-9-17(20)2/h4-12,16,23H,3,13-15H2,1-2H3,(H,24,27). The van der Waals surface area contributed by atoms with E-state index < -0.39 is 0 Å². The molecule has 27 heavy (non-hydrogen) atoms. The maximum Gasteiger partial charge on any atom is 0.233 e. The summed E-state index contributed by atoms with van der Waals surface area (Å²) >= 11 is 0. The molecule has 0 fully saturated rings. The van der Waals surface area contributed by atoms with Gasteiger partial charge in [0.05, 0.1) is 17.9 Å². The van der Waals surface area contributed by atoms with Crippen LogP contribution >= 0.6 is 0 Å². The summed E-state index contributed by atoms with van der Waals surface area (Å²) in [5, 5.41) is 11.0. The van der Waals surface area contributed by atoms with Crippen molar-refractivity contribution in [2.24, 2.45) is 0 Å². The second kappa shape index (κ2) is 9.14. The molecule has 5 nitrogen and oxygen atoms in total. The summed E-state index contributed by atoms with van der Waals surface area (Å²) in [6, 6.07) is 18.3. The van der Waals surface area contributed by atoms with Crippen LogP contribution in [0, 0.1) is 6.92 Å². The van der Waals surface area contributed by atoms with E-state index >= 15 is 0 Å². The fraction of sp³-hybridized carbons (Fsp3) is 0.273. The summed E-state index contributed by atoms with van der Waals surface area (Å²) < 4.78 is 1.90. The van der Waals surface area contributed by atoms with E-state index in [-0.39, 0.29) is 5.91 Å². The third kappa shape index (κ3) is 4.83. The van der Waals surface area contributed by atoms with Gasteiger partial charge in [0.2, 0.25) is 5.91 Å².